The van der Waals surface area contributed by atoms with Crippen LogP contribution in [0.25, 0.3) is 11.0 Å². The van der Waals surface area contributed by atoms with Gasteiger partial charge in [0.2, 0.25) is 5.91 Å². The third-order valence-corrected chi connectivity index (χ3v) is 1.71. The highest BCUT2D eigenvalue weighted by atomic mass is 16.5. The van der Waals surface area contributed by atoms with Gasteiger partial charge < -0.3 is 10.9 Å². The van der Waals surface area contributed by atoms with E-state index in [1.165, 1.54) is 12.1 Å². The van der Waals surface area contributed by atoms with Crippen LogP contribution in [0.15, 0.2) is 18.2 Å². The summed E-state index contributed by atoms with van der Waals surface area (Å²) in [6.45, 7) is 0. The molecule has 0 saturated carbocycles. The molecule has 1 aromatic carbocycles. The number of nitrogens with zero attached hydrogens (tertiary/aromatic N) is 3. The molecule has 0 aliphatic rings. The summed E-state index contributed by atoms with van der Waals surface area (Å²) in [5.74, 6) is -0.553. The zero-order valence-electron chi connectivity index (χ0n) is 6.51. The molecular weight excluding hydrogens is 172 g/mol. The standard InChI is InChI=1S/C7H6N4O2/c8-7(12)4-1-2-5-6(3-4)11(13)10-9-5/h1-3,13H,(H2,8,12). The number of amides is 1. The van der Waals surface area contributed by atoms with Crippen molar-refractivity contribution in [1.82, 2.24) is 15.2 Å². The molecule has 6 heteroatoms. The molecule has 13 heavy (non-hydrogen) atoms. The van der Waals surface area contributed by atoms with Crippen LogP contribution < -0.4 is 5.73 Å². The second kappa shape index (κ2) is 2.44. The molecule has 0 spiro atoms. The van der Waals surface area contributed by atoms with Crippen LogP contribution in [0.5, 0.6) is 0 Å². The predicted octanol–water partition coefficient (Wildman–Crippen LogP) is -0.233. The molecule has 0 saturated heterocycles. The molecule has 0 fully saturated rings. The summed E-state index contributed by atoms with van der Waals surface area (Å²) in [4.78, 5) is 11.4. The van der Waals surface area contributed by atoms with Gasteiger partial charge in [0, 0.05) is 5.56 Å². The van der Waals surface area contributed by atoms with Gasteiger partial charge in [0.1, 0.15) is 11.0 Å². The number of fused-ring (bicyclic) bond motifs is 1. The fourth-order valence-electron chi connectivity index (χ4n) is 1.06. The lowest BCUT2D eigenvalue weighted by Gasteiger charge is -1.94. The molecule has 6 nitrogen and oxygen atoms in total. The number of carbonyl (C=O) groups is 1. The smallest absolute Gasteiger partial charge is 0.248 e. The highest BCUT2D eigenvalue weighted by molar-refractivity contribution is 5.96. The zero-order valence-corrected chi connectivity index (χ0v) is 6.51. The fourth-order valence-corrected chi connectivity index (χ4v) is 1.06. The minimum Gasteiger partial charge on any atom is -0.410 e. The molecule has 0 aliphatic heterocycles. The van der Waals surface area contributed by atoms with Crippen molar-refractivity contribution in [3.05, 3.63) is 23.8 Å². The van der Waals surface area contributed by atoms with Crippen molar-refractivity contribution in [2.24, 2.45) is 5.73 Å². The van der Waals surface area contributed by atoms with Crippen LogP contribution in [0.3, 0.4) is 0 Å². The van der Waals surface area contributed by atoms with Gasteiger partial charge >= 0.3 is 0 Å². The molecule has 0 atom stereocenters. The molecule has 0 unspecified atom stereocenters. The highest BCUT2D eigenvalue weighted by Gasteiger charge is 2.06. The lowest BCUT2D eigenvalue weighted by Crippen LogP contribution is -2.10. The van der Waals surface area contributed by atoms with Crippen molar-refractivity contribution >= 4 is 16.9 Å². The van der Waals surface area contributed by atoms with E-state index >= 15 is 0 Å². The molecule has 1 aromatic heterocycles. The number of hydrogen-bond acceptors (Lipinski definition) is 4. The van der Waals surface area contributed by atoms with Gasteiger partial charge in [-0.05, 0) is 23.4 Å². The Morgan fingerprint density at radius 1 is 1.54 bits per heavy atom. The van der Waals surface area contributed by atoms with Crippen LogP contribution in [-0.4, -0.2) is 26.3 Å². The third-order valence-electron chi connectivity index (χ3n) is 1.71. The maximum absolute atomic E-state index is 10.8. The molecule has 1 amide bonds. The number of nitrogens with two attached hydrogens (primary N) is 1. The van der Waals surface area contributed by atoms with E-state index in [1.54, 1.807) is 6.07 Å². The molecule has 0 bridgehead atoms. The first-order chi connectivity index (χ1) is 6.18. The Kier molecular flexibility index (Phi) is 1.42. The van der Waals surface area contributed by atoms with Crippen molar-refractivity contribution in [3.8, 4) is 0 Å². The predicted molar refractivity (Wildman–Crippen MR) is 43.2 cm³/mol. The van der Waals surface area contributed by atoms with E-state index < -0.39 is 5.91 Å². The van der Waals surface area contributed by atoms with Gasteiger partial charge in [-0.3, -0.25) is 4.79 Å². The largest absolute Gasteiger partial charge is 0.410 e. The summed E-state index contributed by atoms with van der Waals surface area (Å²) >= 11 is 0. The maximum atomic E-state index is 10.8. The van der Waals surface area contributed by atoms with Crippen LogP contribution in [0, 0.1) is 0 Å². The average Bonchev–Trinajstić information content (AvgIpc) is 2.47. The van der Waals surface area contributed by atoms with Crippen molar-refractivity contribution in [3.63, 3.8) is 0 Å². The summed E-state index contributed by atoms with van der Waals surface area (Å²) in [5, 5.41) is 16.1. The Bertz CT molecular complexity index is 476. The number of aromatic nitrogens is 3. The summed E-state index contributed by atoms with van der Waals surface area (Å²) in [5.41, 5.74) is 6.23. The van der Waals surface area contributed by atoms with Gasteiger partial charge in [-0.15, -0.1) is 5.10 Å². The van der Waals surface area contributed by atoms with Crippen LogP contribution in [0.2, 0.25) is 0 Å². The number of hydrogen-bond donors (Lipinski definition) is 2. The third kappa shape index (κ3) is 1.08. The van der Waals surface area contributed by atoms with Crippen LogP contribution in [0.4, 0.5) is 0 Å². The molecule has 1 heterocycles. The zero-order chi connectivity index (χ0) is 9.42. The Balaban J connectivity index is 2.72. The number of primary amides is 1. The molecule has 3 N–H and O–H groups in total. The summed E-state index contributed by atoms with van der Waals surface area (Å²) in [7, 11) is 0. The SMILES string of the molecule is NC(=O)c1ccc2nnn(O)c2c1. The van der Waals surface area contributed by atoms with Crippen LogP contribution >= 0.6 is 0 Å². The van der Waals surface area contributed by atoms with E-state index in [4.69, 9.17) is 10.9 Å². The van der Waals surface area contributed by atoms with E-state index in [2.05, 4.69) is 10.3 Å². The average molecular weight is 178 g/mol. The quantitative estimate of drug-likeness (QED) is 0.589. The Morgan fingerprint density at radius 3 is 3.00 bits per heavy atom. The van der Waals surface area contributed by atoms with E-state index in [0.717, 1.165) is 0 Å². The van der Waals surface area contributed by atoms with Gasteiger partial charge in [0.15, 0.2) is 0 Å². The molecule has 66 valence electrons. The van der Waals surface area contributed by atoms with Crippen molar-refractivity contribution in [1.29, 1.82) is 0 Å². The topological polar surface area (TPSA) is 94.0 Å². The Hall–Kier alpha value is -2.11. The van der Waals surface area contributed by atoms with Gasteiger partial charge in [-0.25, -0.2) is 0 Å². The van der Waals surface area contributed by atoms with Crippen molar-refractivity contribution in [2.75, 3.05) is 0 Å². The molecular formula is C7H6N4O2. The first-order valence-electron chi connectivity index (χ1n) is 3.53. The van der Waals surface area contributed by atoms with Crippen LogP contribution in [-0.2, 0) is 0 Å². The number of benzene rings is 1. The van der Waals surface area contributed by atoms with Crippen molar-refractivity contribution in [2.45, 2.75) is 0 Å². The second-order valence-corrected chi connectivity index (χ2v) is 2.55. The molecule has 0 radical (unpaired) electrons. The fraction of sp³-hybridized carbons (Fsp3) is 0. The van der Waals surface area contributed by atoms with Gasteiger partial charge in [-0.1, -0.05) is 4.85 Å². The normalized spacial score (nSPS) is 10.5. The summed E-state index contributed by atoms with van der Waals surface area (Å²) in [6.07, 6.45) is 0. The summed E-state index contributed by atoms with van der Waals surface area (Å²) < 4.78 is 0. The molecule has 2 aromatic rings. The number of rotatable bonds is 1. The van der Waals surface area contributed by atoms with E-state index in [0.29, 0.717) is 21.4 Å². The summed E-state index contributed by atoms with van der Waals surface area (Å²) in [6, 6.07) is 4.52. The Labute approximate surface area is 72.5 Å². The molecule has 0 aliphatic carbocycles. The number of carbonyl (C=O) groups excluding carboxylic acids is 1. The first-order valence-corrected chi connectivity index (χ1v) is 3.53. The second-order valence-electron chi connectivity index (χ2n) is 2.55. The minimum atomic E-state index is -0.553. The lowest BCUT2D eigenvalue weighted by atomic mass is 10.2. The highest BCUT2D eigenvalue weighted by Crippen LogP contribution is 2.11. The monoisotopic (exact) mass is 178 g/mol. The lowest BCUT2D eigenvalue weighted by molar-refractivity contribution is 0.100. The van der Waals surface area contributed by atoms with E-state index in [1.807, 2.05) is 0 Å². The minimum absolute atomic E-state index is 0.310. The van der Waals surface area contributed by atoms with Crippen LogP contribution in [0.1, 0.15) is 10.4 Å². The van der Waals surface area contributed by atoms with E-state index in [-0.39, 0.29) is 0 Å². The van der Waals surface area contributed by atoms with Gasteiger partial charge in [0.25, 0.3) is 0 Å². The van der Waals surface area contributed by atoms with E-state index in [9.17, 15) is 4.79 Å². The molecule has 2 rings (SSSR count). The van der Waals surface area contributed by atoms with Gasteiger partial charge in [0.05, 0.1) is 0 Å². The van der Waals surface area contributed by atoms with Gasteiger partial charge in [-0.2, -0.15) is 0 Å². The first kappa shape index (κ1) is 7.53. The van der Waals surface area contributed by atoms with Crippen molar-refractivity contribution < 1.29 is 10.0 Å². The Morgan fingerprint density at radius 2 is 2.31 bits per heavy atom. The maximum Gasteiger partial charge on any atom is 0.248 e.